The first-order valence-corrected chi connectivity index (χ1v) is 7.39. The lowest BCUT2D eigenvalue weighted by atomic mass is 10.1. The summed E-state index contributed by atoms with van der Waals surface area (Å²) in [4.78, 5) is 14.1. The molecular formula is C18H22N2O3. The van der Waals surface area contributed by atoms with Crippen molar-refractivity contribution in [1.29, 1.82) is 0 Å². The molecule has 0 aliphatic carbocycles. The van der Waals surface area contributed by atoms with E-state index in [1.807, 2.05) is 43.3 Å². The molecule has 0 saturated heterocycles. The lowest BCUT2D eigenvalue weighted by Gasteiger charge is -2.15. The Morgan fingerprint density at radius 3 is 2.65 bits per heavy atom. The summed E-state index contributed by atoms with van der Waals surface area (Å²) in [5.41, 5.74) is 2.21. The van der Waals surface area contributed by atoms with Gasteiger partial charge in [-0.3, -0.25) is 4.79 Å². The van der Waals surface area contributed by atoms with Crippen molar-refractivity contribution in [2.45, 2.75) is 6.10 Å². The molecule has 2 N–H and O–H groups in total. The number of rotatable bonds is 6. The Kier molecular flexibility index (Phi) is 5.60. The van der Waals surface area contributed by atoms with Gasteiger partial charge in [0, 0.05) is 31.9 Å². The van der Waals surface area contributed by atoms with Crippen molar-refractivity contribution in [3.05, 3.63) is 59.7 Å². The van der Waals surface area contributed by atoms with Gasteiger partial charge >= 0.3 is 0 Å². The van der Waals surface area contributed by atoms with Gasteiger partial charge < -0.3 is 20.1 Å². The minimum absolute atomic E-state index is 0.137. The highest BCUT2D eigenvalue weighted by atomic mass is 16.5. The SMILES string of the molecule is COc1cccc(C(O)CNC(=O)c2cccc(N(C)C)c2)c1. The van der Waals surface area contributed by atoms with Gasteiger partial charge in [0.1, 0.15) is 5.75 Å². The largest absolute Gasteiger partial charge is 0.497 e. The molecule has 0 aliphatic rings. The second kappa shape index (κ2) is 7.65. The van der Waals surface area contributed by atoms with E-state index >= 15 is 0 Å². The van der Waals surface area contributed by atoms with E-state index in [1.165, 1.54) is 0 Å². The number of hydrogen-bond donors (Lipinski definition) is 2. The Bertz CT molecular complexity index is 671. The molecule has 0 heterocycles. The van der Waals surface area contributed by atoms with E-state index in [0.717, 1.165) is 5.69 Å². The molecule has 5 heteroatoms. The Morgan fingerprint density at radius 1 is 1.22 bits per heavy atom. The number of amides is 1. The molecule has 0 radical (unpaired) electrons. The number of carbonyl (C=O) groups is 1. The van der Waals surface area contributed by atoms with Crippen LogP contribution in [0.25, 0.3) is 0 Å². The number of ether oxygens (including phenoxy) is 1. The van der Waals surface area contributed by atoms with Crippen molar-refractivity contribution >= 4 is 11.6 Å². The number of aliphatic hydroxyl groups is 1. The molecule has 2 aromatic rings. The summed E-state index contributed by atoms with van der Waals surface area (Å²) in [6.07, 6.45) is -0.786. The molecular weight excluding hydrogens is 292 g/mol. The molecule has 0 aliphatic heterocycles. The number of hydrogen-bond acceptors (Lipinski definition) is 4. The number of benzene rings is 2. The minimum atomic E-state index is -0.786. The monoisotopic (exact) mass is 314 g/mol. The van der Waals surface area contributed by atoms with E-state index < -0.39 is 6.10 Å². The van der Waals surface area contributed by atoms with Gasteiger partial charge in [-0.05, 0) is 35.9 Å². The second-order valence-corrected chi connectivity index (χ2v) is 5.45. The van der Waals surface area contributed by atoms with E-state index in [2.05, 4.69) is 5.32 Å². The third-order valence-electron chi connectivity index (χ3n) is 3.56. The fourth-order valence-corrected chi connectivity index (χ4v) is 2.18. The smallest absolute Gasteiger partial charge is 0.251 e. The first-order valence-electron chi connectivity index (χ1n) is 7.39. The summed E-state index contributed by atoms with van der Waals surface area (Å²) in [6.45, 7) is 0.137. The maximum atomic E-state index is 12.2. The normalized spacial score (nSPS) is 11.7. The number of carbonyl (C=O) groups excluding carboxylic acids is 1. The van der Waals surface area contributed by atoms with Crippen LogP contribution in [-0.2, 0) is 0 Å². The van der Waals surface area contributed by atoms with Crippen LogP contribution in [0.5, 0.6) is 5.75 Å². The van der Waals surface area contributed by atoms with E-state index in [0.29, 0.717) is 16.9 Å². The van der Waals surface area contributed by atoms with Gasteiger partial charge in [0.2, 0.25) is 0 Å². The molecule has 0 fully saturated rings. The van der Waals surface area contributed by atoms with Crippen LogP contribution in [0, 0.1) is 0 Å². The Labute approximate surface area is 136 Å². The summed E-state index contributed by atoms with van der Waals surface area (Å²) < 4.78 is 5.13. The molecule has 2 rings (SSSR count). The Hall–Kier alpha value is -2.53. The van der Waals surface area contributed by atoms with Crippen LogP contribution in [0.1, 0.15) is 22.0 Å². The number of anilines is 1. The van der Waals surface area contributed by atoms with E-state index in [4.69, 9.17) is 4.74 Å². The third kappa shape index (κ3) is 4.47. The first-order chi connectivity index (χ1) is 11.0. The molecule has 1 amide bonds. The van der Waals surface area contributed by atoms with Gasteiger partial charge in [0.25, 0.3) is 5.91 Å². The van der Waals surface area contributed by atoms with Gasteiger partial charge in [0.15, 0.2) is 0 Å². The highest BCUT2D eigenvalue weighted by Crippen LogP contribution is 2.19. The predicted octanol–water partition coefficient (Wildman–Crippen LogP) is 2.22. The van der Waals surface area contributed by atoms with Gasteiger partial charge in [-0.25, -0.2) is 0 Å². The van der Waals surface area contributed by atoms with E-state index in [1.54, 1.807) is 31.4 Å². The molecule has 0 bridgehead atoms. The van der Waals surface area contributed by atoms with Crippen molar-refractivity contribution in [2.24, 2.45) is 0 Å². The summed E-state index contributed by atoms with van der Waals surface area (Å²) >= 11 is 0. The number of methoxy groups -OCH3 is 1. The Morgan fingerprint density at radius 2 is 1.96 bits per heavy atom. The molecule has 0 aromatic heterocycles. The fraction of sp³-hybridized carbons (Fsp3) is 0.278. The average molecular weight is 314 g/mol. The standard InChI is InChI=1S/C18H22N2O3/c1-20(2)15-8-4-7-14(10-15)18(22)19-12-17(21)13-6-5-9-16(11-13)23-3/h4-11,17,21H,12H2,1-3H3,(H,19,22). The maximum absolute atomic E-state index is 12.2. The molecule has 0 spiro atoms. The van der Waals surface area contributed by atoms with Crippen LogP contribution >= 0.6 is 0 Å². The number of nitrogens with one attached hydrogen (secondary N) is 1. The summed E-state index contributed by atoms with van der Waals surface area (Å²) in [5, 5.41) is 13.0. The van der Waals surface area contributed by atoms with Crippen LogP contribution in [0.3, 0.4) is 0 Å². The van der Waals surface area contributed by atoms with Gasteiger partial charge in [-0.15, -0.1) is 0 Å². The Balaban J connectivity index is 1.99. The van der Waals surface area contributed by atoms with E-state index in [-0.39, 0.29) is 12.5 Å². The quantitative estimate of drug-likeness (QED) is 0.858. The maximum Gasteiger partial charge on any atom is 0.251 e. The molecule has 122 valence electrons. The summed E-state index contributed by atoms with van der Waals surface area (Å²) in [6, 6.07) is 14.5. The predicted molar refractivity (Wildman–Crippen MR) is 91.1 cm³/mol. The number of aliphatic hydroxyl groups excluding tert-OH is 1. The lowest BCUT2D eigenvalue weighted by molar-refractivity contribution is 0.0916. The first kappa shape index (κ1) is 16.8. The van der Waals surface area contributed by atoms with Crippen molar-refractivity contribution in [2.75, 3.05) is 32.6 Å². The zero-order valence-electron chi connectivity index (χ0n) is 13.6. The third-order valence-corrected chi connectivity index (χ3v) is 3.56. The molecule has 1 atom stereocenters. The van der Waals surface area contributed by atoms with Crippen LogP contribution in [0.15, 0.2) is 48.5 Å². The summed E-state index contributed by atoms with van der Waals surface area (Å²) in [7, 11) is 5.41. The summed E-state index contributed by atoms with van der Waals surface area (Å²) in [5.74, 6) is 0.460. The van der Waals surface area contributed by atoms with Crippen LogP contribution in [0.2, 0.25) is 0 Å². The van der Waals surface area contributed by atoms with Gasteiger partial charge in [-0.2, -0.15) is 0 Å². The molecule has 23 heavy (non-hydrogen) atoms. The van der Waals surface area contributed by atoms with Crippen molar-refractivity contribution < 1.29 is 14.6 Å². The highest BCUT2D eigenvalue weighted by Gasteiger charge is 2.12. The topological polar surface area (TPSA) is 61.8 Å². The van der Waals surface area contributed by atoms with Crippen molar-refractivity contribution in [1.82, 2.24) is 5.32 Å². The average Bonchev–Trinajstić information content (AvgIpc) is 2.59. The molecule has 0 saturated carbocycles. The van der Waals surface area contributed by atoms with Gasteiger partial charge in [-0.1, -0.05) is 18.2 Å². The van der Waals surface area contributed by atoms with Crippen molar-refractivity contribution in [3.8, 4) is 5.75 Å². The lowest BCUT2D eigenvalue weighted by Crippen LogP contribution is -2.28. The molecule has 2 aromatic carbocycles. The zero-order valence-corrected chi connectivity index (χ0v) is 13.6. The highest BCUT2D eigenvalue weighted by molar-refractivity contribution is 5.95. The van der Waals surface area contributed by atoms with Crippen LogP contribution in [0.4, 0.5) is 5.69 Å². The minimum Gasteiger partial charge on any atom is -0.497 e. The van der Waals surface area contributed by atoms with E-state index in [9.17, 15) is 9.90 Å². The zero-order chi connectivity index (χ0) is 16.8. The van der Waals surface area contributed by atoms with Crippen LogP contribution in [-0.4, -0.2) is 38.8 Å². The number of nitrogens with zero attached hydrogens (tertiary/aromatic N) is 1. The molecule has 1 unspecified atom stereocenters. The fourth-order valence-electron chi connectivity index (χ4n) is 2.18. The van der Waals surface area contributed by atoms with Gasteiger partial charge in [0.05, 0.1) is 13.2 Å². The molecule has 5 nitrogen and oxygen atoms in total. The second-order valence-electron chi connectivity index (χ2n) is 5.45. The van der Waals surface area contributed by atoms with Crippen LogP contribution < -0.4 is 15.0 Å². The van der Waals surface area contributed by atoms with Crippen molar-refractivity contribution in [3.63, 3.8) is 0 Å².